The summed E-state index contributed by atoms with van der Waals surface area (Å²) in [7, 11) is 0. The Labute approximate surface area is 134 Å². The largest absolute Gasteiger partial charge is 0.374 e. The lowest BCUT2D eigenvalue weighted by atomic mass is 9.80. The Bertz CT molecular complexity index is 751. The van der Waals surface area contributed by atoms with Crippen LogP contribution < -0.4 is 0 Å². The predicted octanol–water partition coefficient (Wildman–Crippen LogP) is 2.48. The number of carbonyl (C=O) groups excluding carboxylic acids is 1. The van der Waals surface area contributed by atoms with Gasteiger partial charge in [0.05, 0.1) is 29.4 Å². The Morgan fingerprint density at radius 1 is 1.35 bits per heavy atom. The number of carbonyl (C=O) groups is 1. The number of hydrogen-bond acceptors (Lipinski definition) is 5. The number of amides is 1. The molecule has 2 aromatic heterocycles. The van der Waals surface area contributed by atoms with Crippen LogP contribution in [0.15, 0.2) is 10.6 Å². The number of hydrogen-bond donors (Lipinski definition) is 0. The van der Waals surface area contributed by atoms with Gasteiger partial charge in [-0.3, -0.25) is 4.79 Å². The normalized spacial score (nSPS) is 22.3. The van der Waals surface area contributed by atoms with Crippen molar-refractivity contribution in [2.24, 2.45) is 5.92 Å². The first-order chi connectivity index (χ1) is 11.1. The van der Waals surface area contributed by atoms with Crippen molar-refractivity contribution in [3.8, 4) is 0 Å². The molecule has 2 aromatic rings. The lowest BCUT2D eigenvalue weighted by Gasteiger charge is -2.40. The van der Waals surface area contributed by atoms with Crippen molar-refractivity contribution >= 4 is 17.0 Å². The van der Waals surface area contributed by atoms with Gasteiger partial charge in [0, 0.05) is 18.8 Å². The molecule has 1 saturated carbocycles. The van der Waals surface area contributed by atoms with E-state index in [0.717, 1.165) is 11.1 Å². The average molecular weight is 315 g/mol. The van der Waals surface area contributed by atoms with E-state index < -0.39 is 0 Å². The first-order valence-electron chi connectivity index (χ1n) is 8.28. The lowest BCUT2D eigenvalue weighted by molar-refractivity contribution is -0.0659. The maximum Gasteiger partial charge on any atom is 0.258 e. The van der Waals surface area contributed by atoms with Crippen LogP contribution in [0, 0.1) is 19.8 Å². The summed E-state index contributed by atoms with van der Waals surface area (Å²) in [6, 6.07) is 1.84. The summed E-state index contributed by atoms with van der Waals surface area (Å²) in [5.41, 5.74) is 2.55. The molecule has 0 bridgehead atoms. The van der Waals surface area contributed by atoms with Crippen LogP contribution in [0.3, 0.4) is 0 Å². The van der Waals surface area contributed by atoms with Crippen molar-refractivity contribution in [1.82, 2.24) is 15.0 Å². The van der Waals surface area contributed by atoms with Gasteiger partial charge in [-0.15, -0.1) is 0 Å². The van der Waals surface area contributed by atoms with Crippen LogP contribution in [-0.2, 0) is 4.74 Å². The van der Waals surface area contributed by atoms with Gasteiger partial charge in [-0.2, -0.15) is 0 Å². The molecule has 3 heterocycles. The summed E-state index contributed by atoms with van der Waals surface area (Å²) >= 11 is 0. The summed E-state index contributed by atoms with van der Waals surface area (Å²) in [5, 5.41) is 4.69. The number of morpholine rings is 1. The molecule has 0 aromatic carbocycles. The highest BCUT2D eigenvalue weighted by Gasteiger charge is 2.34. The van der Waals surface area contributed by atoms with Gasteiger partial charge in [-0.05, 0) is 38.7 Å². The molecule has 1 aliphatic heterocycles. The minimum atomic E-state index is 0.0272. The molecule has 122 valence electrons. The van der Waals surface area contributed by atoms with E-state index in [1.165, 1.54) is 19.3 Å². The molecule has 2 fully saturated rings. The van der Waals surface area contributed by atoms with E-state index in [-0.39, 0.29) is 12.0 Å². The molecule has 0 N–H and O–H groups in total. The Kier molecular flexibility index (Phi) is 3.56. The molecule has 1 amide bonds. The fraction of sp³-hybridized carbons (Fsp3) is 0.588. The fourth-order valence-corrected chi connectivity index (χ4v) is 3.51. The SMILES string of the molecule is Cc1cc(C(=O)N2CCOC(C3CCC3)C2)c2c(C)noc2n1. The van der Waals surface area contributed by atoms with E-state index >= 15 is 0 Å². The third-order valence-corrected chi connectivity index (χ3v) is 5.03. The smallest absolute Gasteiger partial charge is 0.258 e. The van der Waals surface area contributed by atoms with E-state index in [0.29, 0.717) is 42.6 Å². The molecule has 1 aliphatic carbocycles. The van der Waals surface area contributed by atoms with Crippen LogP contribution in [0.25, 0.3) is 11.1 Å². The lowest BCUT2D eigenvalue weighted by Crippen LogP contribution is -2.49. The summed E-state index contributed by atoms with van der Waals surface area (Å²) in [4.78, 5) is 19.3. The van der Waals surface area contributed by atoms with Gasteiger partial charge < -0.3 is 14.2 Å². The van der Waals surface area contributed by atoms with Crippen LogP contribution in [0.5, 0.6) is 0 Å². The monoisotopic (exact) mass is 315 g/mol. The van der Waals surface area contributed by atoms with E-state index in [1.807, 2.05) is 24.8 Å². The number of fused-ring (bicyclic) bond motifs is 1. The second-order valence-electron chi connectivity index (χ2n) is 6.61. The number of aromatic nitrogens is 2. The van der Waals surface area contributed by atoms with Crippen LogP contribution in [-0.4, -0.2) is 46.7 Å². The Morgan fingerprint density at radius 3 is 2.91 bits per heavy atom. The highest BCUT2D eigenvalue weighted by atomic mass is 16.5. The van der Waals surface area contributed by atoms with Gasteiger partial charge in [0.25, 0.3) is 11.6 Å². The van der Waals surface area contributed by atoms with Crippen molar-refractivity contribution in [3.05, 3.63) is 23.0 Å². The van der Waals surface area contributed by atoms with Crippen molar-refractivity contribution in [3.63, 3.8) is 0 Å². The molecule has 6 nitrogen and oxygen atoms in total. The van der Waals surface area contributed by atoms with Crippen LogP contribution in [0.2, 0.25) is 0 Å². The quantitative estimate of drug-likeness (QED) is 0.851. The molecular formula is C17H21N3O3. The van der Waals surface area contributed by atoms with Gasteiger partial charge in [0.1, 0.15) is 0 Å². The van der Waals surface area contributed by atoms with Crippen molar-refractivity contribution < 1.29 is 14.1 Å². The standard InChI is InChI=1S/C17H21N3O3/c1-10-8-13(15-11(2)19-23-16(15)18-10)17(21)20-6-7-22-14(9-20)12-4-3-5-12/h8,12,14H,3-7,9H2,1-2H3. The molecule has 23 heavy (non-hydrogen) atoms. The van der Waals surface area contributed by atoms with Crippen LogP contribution in [0.1, 0.15) is 41.0 Å². The summed E-state index contributed by atoms with van der Waals surface area (Å²) in [6.07, 6.45) is 3.90. The molecule has 2 aliphatic rings. The molecule has 6 heteroatoms. The van der Waals surface area contributed by atoms with Gasteiger partial charge in [-0.1, -0.05) is 11.6 Å². The van der Waals surface area contributed by atoms with E-state index in [4.69, 9.17) is 9.26 Å². The summed E-state index contributed by atoms with van der Waals surface area (Å²) < 4.78 is 11.1. The van der Waals surface area contributed by atoms with Gasteiger partial charge in [0.15, 0.2) is 0 Å². The molecular weight excluding hydrogens is 294 g/mol. The maximum atomic E-state index is 13.1. The third-order valence-electron chi connectivity index (χ3n) is 5.03. The van der Waals surface area contributed by atoms with Gasteiger partial charge in [-0.25, -0.2) is 4.98 Å². The van der Waals surface area contributed by atoms with Gasteiger partial charge >= 0.3 is 0 Å². The minimum Gasteiger partial charge on any atom is -0.374 e. The van der Waals surface area contributed by atoms with Crippen molar-refractivity contribution in [1.29, 1.82) is 0 Å². The first kappa shape index (κ1) is 14.6. The summed E-state index contributed by atoms with van der Waals surface area (Å²) in [6.45, 7) is 5.63. The first-order valence-corrected chi connectivity index (χ1v) is 8.28. The summed E-state index contributed by atoms with van der Waals surface area (Å²) in [5.74, 6) is 0.640. The van der Waals surface area contributed by atoms with Crippen molar-refractivity contribution in [2.45, 2.75) is 39.2 Å². The van der Waals surface area contributed by atoms with Crippen LogP contribution in [0.4, 0.5) is 0 Å². The Hall–Kier alpha value is -1.95. The highest BCUT2D eigenvalue weighted by molar-refractivity contribution is 6.06. The maximum absolute atomic E-state index is 13.1. The second-order valence-corrected chi connectivity index (χ2v) is 6.61. The zero-order valence-corrected chi connectivity index (χ0v) is 13.5. The van der Waals surface area contributed by atoms with Crippen LogP contribution >= 0.6 is 0 Å². The number of pyridine rings is 1. The molecule has 1 atom stereocenters. The minimum absolute atomic E-state index is 0.0272. The van der Waals surface area contributed by atoms with E-state index in [9.17, 15) is 4.79 Å². The average Bonchev–Trinajstić information content (AvgIpc) is 2.85. The zero-order valence-electron chi connectivity index (χ0n) is 13.5. The highest BCUT2D eigenvalue weighted by Crippen LogP contribution is 2.33. The second kappa shape index (κ2) is 5.60. The number of nitrogens with zero attached hydrogens (tertiary/aromatic N) is 3. The number of rotatable bonds is 2. The molecule has 0 spiro atoms. The topological polar surface area (TPSA) is 68.5 Å². The third kappa shape index (κ3) is 2.51. The Morgan fingerprint density at radius 2 is 2.17 bits per heavy atom. The predicted molar refractivity (Wildman–Crippen MR) is 84.3 cm³/mol. The Balaban J connectivity index is 1.64. The molecule has 0 radical (unpaired) electrons. The fourth-order valence-electron chi connectivity index (χ4n) is 3.51. The molecule has 1 unspecified atom stereocenters. The van der Waals surface area contributed by atoms with Crippen molar-refractivity contribution in [2.75, 3.05) is 19.7 Å². The molecule has 4 rings (SSSR count). The van der Waals surface area contributed by atoms with E-state index in [1.54, 1.807) is 0 Å². The number of ether oxygens (including phenoxy) is 1. The molecule has 1 saturated heterocycles. The van der Waals surface area contributed by atoms with E-state index in [2.05, 4.69) is 10.1 Å². The zero-order chi connectivity index (χ0) is 16.0. The number of aryl methyl sites for hydroxylation is 2. The van der Waals surface area contributed by atoms with Gasteiger partial charge in [0.2, 0.25) is 0 Å².